The van der Waals surface area contributed by atoms with Gasteiger partial charge in [0.1, 0.15) is 40.4 Å². The van der Waals surface area contributed by atoms with E-state index in [-0.39, 0.29) is 54.8 Å². The molecule has 350 valence electrons. The molecule has 3 aromatic heterocycles. The molecule has 4 heterocycles. The van der Waals surface area contributed by atoms with Crippen molar-refractivity contribution >= 4 is 55.9 Å². The van der Waals surface area contributed by atoms with Crippen molar-refractivity contribution in [3.05, 3.63) is 58.7 Å². The molecule has 1 aromatic carbocycles. The van der Waals surface area contributed by atoms with Gasteiger partial charge < -0.3 is 29.9 Å². The van der Waals surface area contributed by atoms with Gasteiger partial charge in [-0.15, -0.1) is 11.3 Å². The van der Waals surface area contributed by atoms with Crippen LogP contribution in [0.1, 0.15) is 138 Å². The molecule has 0 bridgehead atoms. The number of fused-ring (bicyclic) bond motifs is 1. The van der Waals surface area contributed by atoms with Gasteiger partial charge in [0.15, 0.2) is 0 Å². The van der Waals surface area contributed by atoms with Gasteiger partial charge in [0.2, 0.25) is 33.6 Å². The number of benzene rings is 1. The summed E-state index contributed by atoms with van der Waals surface area (Å²) in [7, 11) is -2.00. The molecule has 3 fully saturated rings. The monoisotopic (exact) mass is 932 g/mol. The van der Waals surface area contributed by atoms with Gasteiger partial charge in [0.05, 0.1) is 30.1 Å². The molecule has 1 unspecified atom stereocenters. The van der Waals surface area contributed by atoms with Crippen LogP contribution in [-0.2, 0) is 24.4 Å². The SMILES string of the molecule is COc1ccc2c(O[C@@H]3C[C@@H](C(N)=O)N(C(=O)[C@H](CCCCC/C=C\[C@@H]4CCCC4C(=O)NS(=O)(=O)C4CC4)NC(=O)c4noc(C(C)C)n4)C3)cc(-c3nc(C(C)C)cs3)nc2c1C. The van der Waals surface area contributed by atoms with Gasteiger partial charge in [-0.25, -0.2) is 18.4 Å². The number of allylic oxidation sites excluding steroid dienone is 2. The number of aryl methyl sites for hydroxylation is 1. The first kappa shape index (κ1) is 47.5. The molecule has 2 aliphatic carbocycles. The van der Waals surface area contributed by atoms with Crippen LogP contribution in [0.15, 0.2) is 40.3 Å². The van der Waals surface area contributed by atoms with Crippen molar-refractivity contribution in [2.45, 2.75) is 141 Å². The molecule has 1 saturated heterocycles. The van der Waals surface area contributed by atoms with Gasteiger partial charge in [-0.1, -0.05) is 64.3 Å². The van der Waals surface area contributed by atoms with Crippen LogP contribution in [0.4, 0.5) is 0 Å². The van der Waals surface area contributed by atoms with E-state index in [1.54, 1.807) is 7.11 Å². The second-order valence-corrected chi connectivity index (χ2v) is 20.8. The Bertz CT molecular complexity index is 2530. The van der Waals surface area contributed by atoms with Crippen LogP contribution >= 0.6 is 11.3 Å². The first-order chi connectivity index (χ1) is 31.0. The van der Waals surface area contributed by atoms with Crippen molar-refractivity contribution < 1.29 is 41.6 Å². The summed E-state index contributed by atoms with van der Waals surface area (Å²) in [4.78, 5) is 69.4. The van der Waals surface area contributed by atoms with E-state index in [1.807, 2.05) is 56.5 Å². The minimum Gasteiger partial charge on any atom is -0.496 e. The lowest BCUT2D eigenvalue weighted by molar-refractivity contribution is -0.139. The van der Waals surface area contributed by atoms with E-state index in [0.717, 1.165) is 40.9 Å². The van der Waals surface area contributed by atoms with Gasteiger partial charge in [-0.3, -0.25) is 23.9 Å². The fourth-order valence-corrected chi connectivity index (χ4v) is 10.9. The lowest BCUT2D eigenvalue weighted by atomic mass is 9.94. The molecule has 0 radical (unpaired) electrons. The highest BCUT2D eigenvalue weighted by Crippen LogP contribution is 2.38. The van der Waals surface area contributed by atoms with E-state index < -0.39 is 57.1 Å². The van der Waals surface area contributed by atoms with E-state index in [9.17, 15) is 27.6 Å². The van der Waals surface area contributed by atoms with Crippen LogP contribution in [0, 0.1) is 18.8 Å². The fraction of sp³-hybridized carbons (Fsp3) is 0.565. The summed E-state index contributed by atoms with van der Waals surface area (Å²) in [5.41, 5.74) is 9.01. The fourth-order valence-electron chi connectivity index (χ4n) is 8.57. The Morgan fingerprint density at radius 1 is 1.02 bits per heavy atom. The largest absolute Gasteiger partial charge is 0.496 e. The maximum atomic E-state index is 14.6. The highest BCUT2D eigenvalue weighted by atomic mass is 32.2. The van der Waals surface area contributed by atoms with Gasteiger partial charge in [-0.05, 0) is 75.8 Å². The number of amides is 4. The Hall–Kier alpha value is -5.43. The molecular weight excluding hydrogens is 873 g/mol. The number of methoxy groups -OCH3 is 1. The number of pyridine rings is 1. The minimum atomic E-state index is -3.60. The third kappa shape index (κ3) is 11.2. The summed E-state index contributed by atoms with van der Waals surface area (Å²) in [6.45, 7) is 9.82. The van der Waals surface area contributed by atoms with E-state index in [1.165, 1.54) is 16.2 Å². The Kier molecular flexibility index (Phi) is 14.9. The quantitative estimate of drug-likeness (QED) is 0.0637. The zero-order valence-electron chi connectivity index (χ0n) is 37.9. The number of nitrogens with zero attached hydrogens (tertiary/aromatic N) is 5. The number of rotatable bonds is 20. The molecule has 4 aromatic rings. The normalized spacial score (nSPS) is 20.5. The van der Waals surface area contributed by atoms with Crippen molar-refractivity contribution in [1.82, 2.24) is 35.0 Å². The second kappa shape index (κ2) is 20.4. The maximum Gasteiger partial charge on any atom is 0.293 e. The number of sulfonamides is 1. The van der Waals surface area contributed by atoms with E-state index in [2.05, 4.69) is 34.0 Å². The molecule has 3 aliphatic rings. The standard InChI is InChI=1S/C46H60N8O9S2/c1-25(2)35-24-64-45(50-35)34-22-38(32-19-20-37(61-6)27(5)39(32)48-34)62-29-21-36(40(47)55)54(23-29)46(58)33(49-43(57)41-51-44(26(3)4)63-52-41)16-11-9-7-8-10-13-28-14-12-15-31(28)42(56)53-65(59,60)30-17-18-30/h10,13,19-20,22,24-26,28-31,33,36H,7-9,11-12,14-18,21,23H2,1-6H3,(H2,47,55)(H,49,57)(H,53,56)/b13-10-/t28-,29-,31?,33+,36+/m1/s1. The number of thiazole rings is 1. The van der Waals surface area contributed by atoms with Crippen LogP contribution in [-0.4, -0.2) is 94.1 Å². The Morgan fingerprint density at radius 2 is 1.80 bits per heavy atom. The Balaban J connectivity index is 1.04. The van der Waals surface area contributed by atoms with Crippen molar-refractivity contribution in [3.8, 4) is 22.2 Å². The van der Waals surface area contributed by atoms with Gasteiger partial charge in [0.25, 0.3) is 11.7 Å². The summed E-state index contributed by atoms with van der Waals surface area (Å²) in [5, 5.41) is 9.67. The van der Waals surface area contributed by atoms with Gasteiger partial charge >= 0.3 is 0 Å². The van der Waals surface area contributed by atoms with Crippen molar-refractivity contribution in [2.75, 3.05) is 13.7 Å². The zero-order valence-corrected chi connectivity index (χ0v) is 39.5. The molecule has 1 aliphatic heterocycles. The number of carbonyl (C=O) groups is 4. The molecule has 65 heavy (non-hydrogen) atoms. The number of carbonyl (C=O) groups excluding carboxylic acids is 4. The average Bonchev–Trinajstić information content (AvgIpc) is 3.66. The lowest BCUT2D eigenvalue weighted by Crippen LogP contribution is -2.53. The molecule has 0 spiro atoms. The molecule has 17 nitrogen and oxygen atoms in total. The van der Waals surface area contributed by atoms with Crippen molar-refractivity contribution in [3.63, 3.8) is 0 Å². The highest BCUT2D eigenvalue weighted by Gasteiger charge is 2.43. The molecular formula is C46H60N8O9S2. The molecule has 5 atom stereocenters. The third-order valence-electron chi connectivity index (χ3n) is 12.5. The number of hydrogen-bond acceptors (Lipinski definition) is 14. The topological polar surface area (TPSA) is 239 Å². The molecule has 4 amide bonds. The number of nitrogens with two attached hydrogens (primary N) is 1. The molecule has 2 saturated carbocycles. The number of nitrogens with one attached hydrogen (secondary N) is 2. The first-order valence-corrected chi connectivity index (χ1v) is 25.0. The summed E-state index contributed by atoms with van der Waals surface area (Å²) in [6.07, 6.45) is 10.0. The van der Waals surface area contributed by atoms with Crippen LogP contribution < -0.4 is 25.2 Å². The predicted molar refractivity (Wildman–Crippen MR) is 245 cm³/mol. The Labute approximate surface area is 383 Å². The zero-order chi connectivity index (χ0) is 46.6. The van der Waals surface area contributed by atoms with Crippen LogP contribution in [0.3, 0.4) is 0 Å². The lowest BCUT2D eigenvalue weighted by Gasteiger charge is -2.27. The number of primary amides is 1. The van der Waals surface area contributed by atoms with E-state index in [4.69, 9.17) is 29.7 Å². The van der Waals surface area contributed by atoms with Gasteiger partial charge in [-0.2, -0.15) is 4.98 Å². The third-order valence-corrected chi connectivity index (χ3v) is 15.2. The van der Waals surface area contributed by atoms with Crippen molar-refractivity contribution in [2.24, 2.45) is 17.6 Å². The molecule has 4 N–H and O–H groups in total. The smallest absolute Gasteiger partial charge is 0.293 e. The maximum absolute atomic E-state index is 14.6. The summed E-state index contributed by atoms with van der Waals surface area (Å²) in [5.74, 6) is -1.34. The minimum absolute atomic E-state index is 0.0268. The number of unbranched alkanes of at least 4 members (excludes halogenated alkanes) is 3. The molecule has 7 rings (SSSR count). The number of hydrogen-bond donors (Lipinski definition) is 3. The average molecular weight is 933 g/mol. The number of ether oxygens (including phenoxy) is 2. The molecule has 19 heteroatoms. The Morgan fingerprint density at radius 3 is 2.48 bits per heavy atom. The van der Waals surface area contributed by atoms with E-state index >= 15 is 0 Å². The van der Waals surface area contributed by atoms with Gasteiger partial charge in [0, 0.05) is 40.7 Å². The first-order valence-electron chi connectivity index (χ1n) is 22.6. The number of aromatic nitrogens is 4. The van der Waals surface area contributed by atoms with Crippen molar-refractivity contribution in [1.29, 1.82) is 0 Å². The second-order valence-electron chi connectivity index (χ2n) is 18.0. The summed E-state index contributed by atoms with van der Waals surface area (Å²) in [6, 6.07) is 3.50. The van der Waals surface area contributed by atoms with Crippen LogP contribution in [0.25, 0.3) is 21.6 Å². The highest BCUT2D eigenvalue weighted by molar-refractivity contribution is 7.90. The van der Waals surface area contributed by atoms with E-state index in [0.29, 0.717) is 61.2 Å². The summed E-state index contributed by atoms with van der Waals surface area (Å²) >= 11 is 1.49. The summed E-state index contributed by atoms with van der Waals surface area (Å²) < 4.78 is 44.6. The predicted octanol–water partition coefficient (Wildman–Crippen LogP) is 6.47. The van der Waals surface area contributed by atoms with Crippen LogP contribution in [0.2, 0.25) is 0 Å². The number of likely N-dealkylation sites (tertiary alicyclic amines) is 1. The van der Waals surface area contributed by atoms with Crippen LogP contribution in [0.5, 0.6) is 11.5 Å².